The van der Waals surface area contributed by atoms with Gasteiger partial charge in [-0.05, 0) is 0 Å². The zero-order valence-corrected chi connectivity index (χ0v) is 6.97. The number of aromatic nitrogens is 1. The SMILES string of the molecule is [C-]#[N+]c1cn2c(c1C#N)C(C#N)N=C2. The van der Waals surface area contributed by atoms with Crippen LogP contribution in [-0.2, 0) is 0 Å². The monoisotopic (exact) mass is 181 g/mol. The van der Waals surface area contributed by atoms with Crippen LogP contribution >= 0.6 is 0 Å². The van der Waals surface area contributed by atoms with Crippen LogP contribution in [-0.4, -0.2) is 10.9 Å². The Kier molecular flexibility index (Phi) is 1.56. The summed E-state index contributed by atoms with van der Waals surface area (Å²) < 4.78 is 1.56. The molecule has 0 saturated carbocycles. The van der Waals surface area contributed by atoms with E-state index < -0.39 is 6.04 Å². The Bertz CT molecular complexity index is 543. The Morgan fingerprint density at radius 1 is 1.57 bits per heavy atom. The van der Waals surface area contributed by atoms with Gasteiger partial charge in [0.05, 0.1) is 36.3 Å². The molecule has 5 nitrogen and oxygen atoms in total. The fourth-order valence-corrected chi connectivity index (χ4v) is 1.40. The van der Waals surface area contributed by atoms with Gasteiger partial charge >= 0.3 is 0 Å². The number of nitriles is 2. The van der Waals surface area contributed by atoms with E-state index in [4.69, 9.17) is 17.1 Å². The second-order valence-corrected chi connectivity index (χ2v) is 2.70. The van der Waals surface area contributed by atoms with Gasteiger partial charge in [0.25, 0.3) is 0 Å². The summed E-state index contributed by atoms with van der Waals surface area (Å²) in [7, 11) is 0. The molecule has 1 aromatic rings. The lowest BCUT2D eigenvalue weighted by molar-refractivity contribution is 0.917. The Morgan fingerprint density at radius 3 is 2.93 bits per heavy atom. The molecule has 0 N–H and O–H groups in total. The number of aliphatic imine (C=N–C) groups is 1. The average molecular weight is 181 g/mol. The lowest BCUT2D eigenvalue weighted by Crippen LogP contribution is -1.95. The zero-order valence-electron chi connectivity index (χ0n) is 6.97. The Balaban J connectivity index is 2.72. The third kappa shape index (κ3) is 0.827. The highest BCUT2D eigenvalue weighted by Crippen LogP contribution is 2.32. The minimum Gasteiger partial charge on any atom is -0.319 e. The average Bonchev–Trinajstić information content (AvgIpc) is 2.74. The van der Waals surface area contributed by atoms with E-state index >= 15 is 0 Å². The molecule has 1 unspecified atom stereocenters. The molecule has 64 valence electrons. The van der Waals surface area contributed by atoms with E-state index in [1.807, 2.05) is 12.1 Å². The van der Waals surface area contributed by atoms with E-state index in [0.717, 1.165) is 0 Å². The first kappa shape index (κ1) is 8.04. The van der Waals surface area contributed by atoms with E-state index in [9.17, 15) is 0 Å². The summed E-state index contributed by atoms with van der Waals surface area (Å²) >= 11 is 0. The van der Waals surface area contributed by atoms with Gasteiger partial charge in [0, 0.05) is 6.20 Å². The first-order valence-corrected chi connectivity index (χ1v) is 3.77. The molecule has 5 heteroatoms. The van der Waals surface area contributed by atoms with Gasteiger partial charge in [-0.15, -0.1) is 0 Å². The van der Waals surface area contributed by atoms with Gasteiger partial charge in [-0.1, -0.05) is 0 Å². The van der Waals surface area contributed by atoms with E-state index in [2.05, 4.69) is 9.84 Å². The van der Waals surface area contributed by atoms with Crippen LogP contribution in [0.15, 0.2) is 11.2 Å². The van der Waals surface area contributed by atoms with E-state index in [-0.39, 0.29) is 11.3 Å². The van der Waals surface area contributed by atoms with Crippen molar-refractivity contribution in [3.05, 3.63) is 28.9 Å². The van der Waals surface area contributed by atoms with Crippen LogP contribution in [0.3, 0.4) is 0 Å². The van der Waals surface area contributed by atoms with E-state index in [1.54, 1.807) is 4.57 Å². The second kappa shape index (κ2) is 2.73. The molecule has 0 amide bonds. The molecule has 14 heavy (non-hydrogen) atoms. The smallest absolute Gasteiger partial charge is 0.222 e. The summed E-state index contributed by atoms with van der Waals surface area (Å²) in [6.45, 7) is 6.85. The molecule has 0 spiro atoms. The predicted octanol–water partition coefficient (Wildman–Crippen LogP) is 1.37. The lowest BCUT2D eigenvalue weighted by Gasteiger charge is -1.96. The topological polar surface area (TPSA) is 69.2 Å². The maximum absolute atomic E-state index is 8.84. The molecule has 0 fully saturated rings. The standard InChI is InChI=1S/C9H3N5/c1-12-8-4-14-5-13-7(3-11)9(14)6(8)2-10/h4-5,7H. The summed E-state index contributed by atoms with van der Waals surface area (Å²) in [4.78, 5) is 7.10. The fourth-order valence-electron chi connectivity index (χ4n) is 1.40. The van der Waals surface area contributed by atoms with Gasteiger partial charge in [-0.25, -0.2) is 4.85 Å². The molecular formula is C9H3N5. The van der Waals surface area contributed by atoms with E-state index in [0.29, 0.717) is 5.69 Å². The number of rotatable bonds is 0. The highest BCUT2D eigenvalue weighted by molar-refractivity contribution is 5.74. The van der Waals surface area contributed by atoms with Crippen LogP contribution in [0.25, 0.3) is 4.85 Å². The minimum atomic E-state index is -0.653. The van der Waals surface area contributed by atoms with Gasteiger partial charge in [0.2, 0.25) is 5.69 Å². The maximum atomic E-state index is 8.84. The summed E-state index contributed by atoms with van der Waals surface area (Å²) in [5.74, 6) is 0. The summed E-state index contributed by atoms with van der Waals surface area (Å²) in [6.07, 6.45) is 2.97. The van der Waals surface area contributed by atoms with Gasteiger partial charge < -0.3 is 4.57 Å². The van der Waals surface area contributed by atoms with Crippen molar-refractivity contribution >= 4 is 12.0 Å². The number of nitrogens with zero attached hydrogens (tertiary/aromatic N) is 5. The Labute approximate surface area is 80.0 Å². The summed E-state index contributed by atoms with van der Waals surface area (Å²) in [6, 6.07) is 3.23. The quantitative estimate of drug-likeness (QED) is 0.567. The third-order valence-electron chi connectivity index (χ3n) is 2.01. The van der Waals surface area contributed by atoms with Crippen molar-refractivity contribution in [1.82, 2.24) is 4.57 Å². The number of hydrogen-bond donors (Lipinski definition) is 0. The first-order valence-electron chi connectivity index (χ1n) is 3.77. The highest BCUT2D eigenvalue weighted by atomic mass is 15.1. The van der Waals surface area contributed by atoms with Crippen molar-refractivity contribution < 1.29 is 0 Å². The molecule has 2 heterocycles. The molecule has 2 rings (SSSR count). The van der Waals surface area contributed by atoms with Crippen molar-refractivity contribution in [3.8, 4) is 12.1 Å². The summed E-state index contributed by atoms with van der Waals surface area (Å²) in [5, 5.41) is 17.6. The van der Waals surface area contributed by atoms with Crippen LogP contribution in [0, 0.1) is 29.2 Å². The van der Waals surface area contributed by atoms with Crippen LogP contribution in [0.2, 0.25) is 0 Å². The van der Waals surface area contributed by atoms with Gasteiger partial charge in [-0.3, -0.25) is 4.99 Å². The van der Waals surface area contributed by atoms with Crippen molar-refractivity contribution in [1.29, 1.82) is 10.5 Å². The minimum absolute atomic E-state index is 0.254. The molecule has 0 saturated heterocycles. The molecule has 0 radical (unpaired) electrons. The predicted molar refractivity (Wildman–Crippen MR) is 47.7 cm³/mol. The van der Waals surface area contributed by atoms with Crippen molar-refractivity contribution in [2.45, 2.75) is 6.04 Å². The molecule has 0 aliphatic carbocycles. The fraction of sp³-hybridized carbons (Fsp3) is 0.111. The molecule has 1 aliphatic heterocycles. The first-order chi connectivity index (χ1) is 6.81. The normalized spacial score (nSPS) is 16.8. The molecule has 1 aromatic heterocycles. The Hall–Kier alpha value is -2.58. The maximum Gasteiger partial charge on any atom is 0.222 e. The van der Waals surface area contributed by atoms with Crippen LogP contribution in [0.5, 0.6) is 0 Å². The zero-order chi connectivity index (χ0) is 10.1. The third-order valence-corrected chi connectivity index (χ3v) is 2.01. The van der Waals surface area contributed by atoms with Crippen LogP contribution < -0.4 is 0 Å². The van der Waals surface area contributed by atoms with E-state index in [1.165, 1.54) is 12.5 Å². The van der Waals surface area contributed by atoms with Crippen molar-refractivity contribution in [2.24, 2.45) is 4.99 Å². The number of fused-ring (bicyclic) bond motifs is 1. The molecule has 0 aromatic carbocycles. The summed E-state index contributed by atoms with van der Waals surface area (Å²) in [5.41, 5.74) is 1.03. The van der Waals surface area contributed by atoms with Crippen molar-refractivity contribution in [3.63, 3.8) is 0 Å². The van der Waals surface area contributed by atoms with Crippen LogP contribution in [0.4, 0.5) is 5.69 Å². The highest BCUT2D eigenvalue weighted by Gasteiger charge is 2.25. The largest absolute Gasteiger partial charge is 0.319 e. The van der Waals surface area contributed by atoms with Gasteiger partial charge in [0.15, 0.2) is 6.04 Å². The Morgan fingerprint density at radius 2 is 2.36 bits per heavy atom. The molecule has 1 aliphatic rings. The van der Waals surface area contributed by atoms with Gasteiger partial charge in [-0.2, -0.15) is 10.5 Å². The number of hydrogen-bond acceptors (Lipinski definition) is 3. The van der Waals surface area contributed by atoms with Crippen LogP contribution in [0.1, 0.15) is 17.3 Å². The lowest BCUT2D eigenvalue weighted by atomic mass is 10.1. The molecule has 0 bridgehead atoms. The van der Waals surface area contributed by atoms with Gasteiger partial charge in [0.1, 0.15) is 0 Å². The second-order valence-electron chi connectivity index (χ2n) is 2.70. The molecular weight excluding hydrogens is 178 g/mol. The molecule has 1 atom stereocenters. The van der Waals surface area contributed by atoms with Crippen molar-refractivity contribution in [2.75, 3.05) is 0 Å².